The van der Waals surface area contributed by atoms with Crippen molar-refractivity contribution >= 4 is 68.1 Å². The third-order valence-electron chi connectivity index (χ3n) is 5.05. The second kappa shape index (κ2) is 8.87. The van der Waals surface area contributed by atoms with Crippen molar-refractivity contribution in [2.24, 2.45) is 0 Å². The van der Waals surface area contributed by atoms with Crippen LogP contribution in [0.2, 0.25) is 10.0 Å². The van der Waals surface area contributed by atoms with Gasteiger partial charge in [-0.15, -0.1) is 0 Å². The van der Waals surface area contributed by atoms with Crippen LogP contribution in [0.5, 0.6) is 0 Å². The molecule has 1 aromatic heterocycles. The number of thioether (sulfide) groups is 1. The molecule has 8 heteroatoms. The van der Waals surface area contributed by atoms with Gasteiger partial charge in [0.2, 0.25) is 0 Å². The van der Waals surface area contributed by atoms with E-state index in [4.69, 9.17) is 23.2 Å². The third kappa shape index (κ3) is 4.48. The van der Waals surface area contributed by atoms with Gasteiger partial charge in [-0.3, -0.25) is 14.5 Å². The number of benzene rings is 2. The van der Waals surface area contributed by atoms with Crippen LogP contribution >= 0.6 is 50.9 Å². The Balaban J connectivity index is 1.63. The minimum Gasteiger partial charge on any atom is -0.318 e. The molecular weight excluding hydrogens is 519 g/mol. The number of hydrogen-bond donors (Lipinski definition) is 0. The molecule has 1 fully saturated rings. The average Bonchev–Trinajstić information content (AvgIpc) is 3.15. The van der Waals surface area contributed by atoms with Crippen LogP contribution in [0.4, 0.5) is 4.79 Å². The predicted octanol–water partition coefficient (Wildman–Crippen LogP) is 7.40. The normalized spacial score (nSPS) is 15.4. The highest BCUT2D eigenvalue weighted by Gasteiger charge is 2.35. The van der Waals surface area contributed by atoms with Crippen LogP contribution in [0.3, 0.4) is 0 Å². The van der Waals surface area contributed by atoms with E-state index >= 15 is 0 Å². The lowest BCUT2D eigenvalue weighted by molar-refractivity contribution is -0.123. The van der Waals surface area contributed by atoms with Crippen LogP contribution in [0.15, 0.2) is 57.9 Å². The highest BCUT2D eigenvalue weighted by molar-refractivity contribution is 9.10. The molecule has 0 atom stereocenters. The largest absolute Gasteiger partial charge is 0.318 e. The monoisotopic (exact) mass is 534 g/mol. The summed E-state index contributed by atoms with van der Waals surface area (Å²) >= 11 is 16.6. The molecule has 2 aromatic carbocycles. The molecule has 2 heterocycles. The second-order valence-corrected chi connectivity index (χ2v) is 9.85. The van der Waals surface area contributed by atoms with Crippen molar-refractivity contribution in [3.05, 3.63) is 90.5 Å². The van der Waals surface area contributed by atoms with E-state index in [2.05, 4.69) is 20.5 Å². The number of carbonyl (C=O) groups excluding carboxylic acids is 2. The van der Waals surface area contributed by atoms with Crippen LogP contribution in [-0.4, -0.2) is 20.6 Å². The van der Waals surface area contributed by atoms with Crippen molar-refractivity contribution < 1.29 is 9.59 Å². The zero-order valence-electron chi connectivity index (χ0n) is 16.7. The van der Waals surface area contributed by atoms with Crippen molar-refractivity contribution in [3.8, 4) is 5.69 Å². The van der Waals surface area contributed by atoms with Gasteiger partial charge in [0.25, 0.3) is 11.1 Å². The van der Waals surface area contributed by atoms with E-state index in [9.17, 15) is 9.59 Å². The first kappa shape index (κ1) is 22.2. The lowest BCUT2D eigenvalue weighted by Gasteiger charge is -2.12. The molecule has 4 nitrogen and oxygen atoms in total. The molecule has 31 heavy (non-hydrogen) atoms. The van der Waals surface area contributed by atoms with E-state index < -0.39 is 0 Å². The predicted molar refractivity (Wildman–Crippen MR) is 131 cm³/mol. The average molecular weight is 536 g/mol. The molecule has 0 saturated carbocycles. The highest BCUT2D eigenvalue weighted by atomic mass is 79.9. The molecule has 1 aliphatic heterocycles. The first-order valence-electron chi connectivity index (χ1n) is 9.39. The van der Waals surface area contributed by atoms with Gasteiger partial charge in [-0.1, -0.05) is 35.3 Å². The van der Waals surface area contributed by atoms with Crippen molar-refractivity contribution in [2.45, 2.75) is 20.4 Å². The minimum absolute atomic E-state index is 0.218. The third-order valence-corrected chi connectivity index (χ3v) is 7.44. The zero-order chi connectivity index (χ0) is 22.3. The van der Waals surface area contributed by atoms with E-state index in [-0.39, 0.29) is 17.7 Å². The van der Waals surface area contributed by atoms with Crippen molar-refractivity contribution in [1.82, 2.24) is 9.47 Å². The van der Waals surface area contributed by atoms with Crippen LogP contribution in [0.1, 0.15) is 22.5 Å². The Morgan fingerprint density at radius 1 is 1.03 bits per heavy atom. The molecule has 0 radical (unpaired) electrons. The van der Waals surface area contributed by atoms with Gasteiger partial charge >= 0.3 is 0 Å². The van der Waals surface area contributed by atoms with Gasteiger partial charge in [0.1, 0.15) is 0 Å². The van der Waals surface area contributed by atoms with Crippen LogP contribution in [-0.2, 0) is 11.3 Å². The highest BCUT2D eigenvalue weighted by Crippen LogP contribution is 2.35. The summed E-state index contributed by atoms with van der Waals surface area (Å²) < 4.78 is 2.90. The summed E-state index contributed by atoms with van der Waals surface area (Å²) in [6, 6.07) is 14.9. The van der Waals surface area contributed by atoms with Crippen LogP contribution in [0.25, 0.3) is 11.8 Å². The summed E-state index contributed by atoms with van der Waals surface area (Å²) in [5.74, 6) is -0.290. The van der Waals surface area contributed by atoms with E-state index in [0.29, 0.717) is 15.0 Å². The second-order valence-electron chi connectivity index (χ2n) is 7.15. The Labute approximate surface area is 203 Å². The molecule has 3 aromatic rings. The summed E-state index contributed by atoms with van der Waals surface area (Å²) in [7, 11) is 0. The number of imide groups is 1. The van der Waals surface area contributed by atoms with Crippen LogP contribution in [0, 0.1) is 13.8 Å². The Morgan fingerprint density at radius 3 is 2.42 bits per heavy atom. The molecule has 0 spiro atoms. The molecule has 1 aliphatic rings. The van der Waals surface area contributed by atoms with Crippen LogP contribution < -0.4 is 0 Å². The Kier molecular flexibility index (Phi) is 6.35. The van der Waals surface area contributed by atoms with Crippen molar-refractivity contribution in [2.75, 3.05) is 0 Å². The van der Waals surface area contributed by atoms with Gasteiger partial charge in [-0.05, 0) is 95.1 Å². The van der Waals surface area contributed by atoms with Gasteiger partial charge < -0.3 is 4.57 Å². The summed E-state index contributed by atoms with van der Waals surface area (Å²) in [6.07, 6.45) is 1.78. The molecule has 0 N–H and O–H groups in total. The van der Waals surface area contributed by atoms with E-state index in [0.717, 1.165) is 44.4 Å². The van der Waals surface area contributed by atoms with Gasteiger partial charge in [-0.2, -0.15) is 0 Å². The Hall–Kier alpha value is -1.99. The number of rotatable bonds is 4. The number of hydrogen-bond acceptors (Lipinski definition) is 3. The maximum absolute atomic E-state index is 12.9. The fraction of sp³-hybridized carbons (Fsp3) is 0.130. The smallest absolute Gasteiger partial charge is 0.293 e. The van der Waals surface area contributed by atoms with E-state index in [1.807, 2.05) is 50.2 Å². The number of nitrogens with zero attached hydrogens (tertiary/aromatic N) is 2. The lowest BCUT2D eigenvalue weighted by Crippen LogP contribution is -2.27. The number of aryl methyl sites for hydroxylation is 1. The molecule has 158 valence electrons. The maximum atomic E-state index is 12.9. The van der Waals surface area contributed by atoms with E-state index in [1.165, 1.54) is 4.90 Å². The fourth-order valence-corrected chi connectivity index (χ4v) is 4.88. The Morgan fingerprint density at radius 2 is 1.74 bits per heavy atom. The summed E-state index contributed by atoms with van der Waals surface area (Å²) in [4.78, 5) is 27.1. The standard InChI is InChI=1S/C23H17BrCl2N2O2S/c1-13-9-16(14(2)28(13)18-7-8-19(24)20(26)11-18)10-21-22(29)27(23(30)31-21)12-15-3-5-17(25)6-4-15/h3-11H,12H2,1-2H3/b21-10+. The zero-order valence-corrected chi connectivity index (χ0v) is 20.6. The first-order chi connectivity index (χ1) is 14.7. The molecular formula is C23H17BrCl2N2O2S. The van der Waals surface area contributed by atoms with E-state index in [1.54, 1.807) is 18.2 Å². The van der Waals surface area contributed by atoms with Gasteiger partial charge in [0.05, 0.1) is 16.5 Å². The number of carbonyl (C=O) groups is 2. The number of halogens is 3. The summed E-state index contributed by atoms with van der Waals surface area (Å²) in [5.41, 5.74) is 4.62. The van der Waals surface area contributed by atoms with Crippen molar-refractivity contribution in [3.63, 3.8) is 0 Å². The first-order valence-corrected chi connectivity index (χ1v) is 11.8. The molecule has 0 unspecified atom stereocenters. The Bertz CT molecular complexity index is 1240. The SMILES string of the molecule is Cc1cc(/C=C2/SC(=O)N(Cc3ccc(Cl)cc3)C2=O)c(C)n1-c1ccc(Br)c(Cl)c1. The minimum atomic E-state index is -0.290. The molecule has 4 rings (SSSR count). The molecule has 2 amide bonds. The fourth-order valence-electron chi connectivity index (χ4n) is 3.51. The number of amides is 2. The quantitative estimate of drug-likeness (QED) is 0.327. The summed E-state index contributed by atoms with van der Waals surface area (Å²) in [5, 5.41) is 0.953. The summed E-state index contributed by atoms with van der Waals surface area (Å²) in [6.45, 7) is 4.19. The molecule has 0 aliphatic carbocycles. The van der Waals surface area contributed by atoms with Gasteiger partial charge in [0, 0.05) is 26.6 Å². The maximum Gasteiger partial charge on any atom is 0.293 e. The van der Waals surface area contributed by atoms with Gasteiger partial charge in [-0.25, -0.2) is 0 Å². The number of aromatic nitrogens is 1. The van der Waals surface area contributed by atoms with Crippen molar-refractivity contribution in [1.29, 1.82) is 0 Å². The van der Waals surface area contributed by atoms with Gasteiger partial charge in [0.15, 0.2) is 0 Å². The molecule has 0 bridgehead atoms. The molecule has 1 saturated heterocycles. The topological polar surface area (TPSA) is 42.3 Å². The lowest BCUT2D eigenvalue weighted by atomic mass is 10.2.